The molecular weight excluding hydrogens is 230 g/mol. The molecule has 2 rings (SSSR count). The van der Waals surface area contributed by atoms with Gasteiger partial charge in [-0.15, -0.1) is 0 Å². The van der Waals surface area contributed by atoms with Crippen LogP contribution in [0.5, 0.6) is 0 Å². The summed E-state index contributed by atoms with van der Waals surface area (Å²) in [6.45, 7) is 8.25. The summed E-state index contributed by atoms with van der Waals surface area (Å²) < 4.78 is 5.47. The fourth-order valence-corrected chi connectivity index (χ4v) is 1.66. The zero-order chi connectivity index (χ0) is 13.1. The van der Waals surface area contributed by atoms with E-state index in [1.54, 1.807) is 12.1 Å². The van der Waals surface area contributed by atoms with Gasteiger partial charge in [-0.05, 0) is 28.8 Å². The zero-order valence-corrected chi connectivity index (χ0v) is 9.83. The van der Waals surface area contributed by atoms with Gasteiger partial charge in [0.25, 0.3) is 5.69 Å². The molecule has 0 amide bonds. The third kappa shape index (κ3) is 2.55. The van der Waals surface area contributed by atoms with E-state index in [0.717, 1.165) is 16.7 Å². The normalized spacial score (nSPS) is 19.7. The minimum absolute atomic E-state index is 0.0852. The first-order chi connectivity index (χ1) is 8.58. The van der Waals surface area contributed by atoms with Crippen LogP contribution in [-0.4, -0.2) is 17.6 Å². The minimum Gasteiger partial charge on any atom is -0.365 e. The number of non-ortho nitro benzene ring substituents is 1. The van der Waals surface area contributed by atoms with E-state index < -0.39 is 4.92 Å². The molecule has 1 aromatic rings. The van der Waals surface area contributed by atoms with Crippen LogP contribution in [0.4, 0.5) is 5.69 Å². The summed E-state index contributed by atoms with van der Waals surface area (Å²) in [5, 5.41) is 10.5. The highest BCUT2D eigenvalue weighted by atomic mass is 16.6. The first-order valence-corrected chi connectivity index (χ1v) is 5.49. The average Bonchev–Trinajstić information content (AvgIpc) is 2.68. The molecule has 1 atom stereocenters. The molecule has 0 saturated carbocycles. The van der Waals surface area contributed by atoms with Crippen LogP contribution in [0.1, 0.15) is 5.56 Å². The summed E-state index contributed by atoms with van der Waals surface area (Å²) in [5.41, 5.74) is 2.76. The van der Waals surface area contributed by atoms with Crippen molar-refractivity contribution < 1.29 is 9.66 Å². The smallest absolute Gasteiger partial charge is 0.269 e. The molecule has 18 heavy (non-hydrogen) atoms. The maximum Gasteiger partial charge on any atom is 0.269 e. The van der Waals surface area contributed by atoms with Crippen molar-refractivity contribution in [3.63, 3.8) is 0 Å². The van der Waals surface area contributed by atoms with Gasteiger partial charge in [-0.1, -0.05) is 25.3 Å². The standard InChI is InChI=1S/C14H13NO3/c1-10-9-18-14(11(10)2)8-5-12-3-6-13(7-4-12)15(16)17/h3-8,14H,1-2,9H2/b8-5+. The van der Waals surface area contributed by atoms with Gasteiger partial charge in [0.1, 0.15) is 6.10 Å². The van der Waals surface area contributed by atoms with Crippen LogP contribution in [0.2, 0.25) is 0 Å². The quantitative estimate of drug-likeness (QED) is 0.605. The van der Waals surface area contributed by atoms with Crippen LogP contribution >= 0.6 is 0 Å². The Morgan fingerprint density at radius 1 is 1.33 bits per heavy atom. The summed E-state index contributed by atoms with van der Waals surface area (Å²) in [6.07, 6.45) is 3.59. The molecule has 4 heteroatoms. The number of rotatable bonds is 3. The maximum absolute atomic E-state index is 10.5. The zero-order valence-electron chi connectivity index (χ0n) is 9.83. The van der Waals surface area contributed by atoms with Crippen molar-refractivity contribution in [2.75, 3.05) is 6.61 Å². The summed E-state index contributed by atoms with van der Waals surface area (Å²) >= 11 is 0. The van der Waals surface area contributed by atoms with Gasteiger partial charge in [-0.25, -0.2) is 0 Å². The van der Waals surface area contributed by atoms with Crippen LogP contribution in [0.3, 0.4) is 0 Å². The molecule has 4 nitrogen and oxygen atoms in total. The second kappa shape index (κ2) is 4.98. The lowest BCUT2D eigenvalue weighted by atomic mass is 10.1. The van der Waals surface area contributed by atoms with E-state index in [2.05, 4.69) is 13.2 Å². The molecule has 1 heterocycles. The Bertz CT molecular complexity index is 528. The largest absolute Gasteiger partial charge is 0.365 e. The summed E-state index contributed by atoms with van der Waals surface area (Å²) in [5.74, 6) is 0. The Hall–Kier alpha value is -2.20. The molecule has 0 bridgehead atoms. The fourth-order valence-electron chi connectivity index (χ4n) is 1.66. The monoisotopic (exact) mass is 243 g/mol. The molecule has 0 aliphatic carbocycles. The van der Waals surface area contributed by atoms with Crippen molar-refractivity contribution in [1.82, 2.24) is 0 Å². The molecular formula is C14H13NO3. The molecule has 0 spiro atoms. The second-order valence-electron chi connectivity index (χ2n) is 4.07. The molecule has 1 aliphatic rings. The van der Waals surface area contributed by atoms with E-state index in [1.807, 2.05) is 12.2 Å². The van der Waals surface area contributed by atoms with Gasteiger partial charge in [0.05, 0.1) is 11.5 Å². The van der Waals surface area contributed by atoms with Gasteiger partial charge in [-0.3, -0.25) is 10.1 Å². The van der Waals surface area contributed by atoms with Gasteiger partial charge >= 0.3 is 0 Å². The molecule has 92 valence electrons. The van der Waals surface area contributed by atoms with E-state index in [1.165, 1.54) is 12.1 Å². The Kier molecular flexibility index (Phi) is 3.39. The van der Waals surface area contributed by atoms with Crippen LogP contribution in [-0.2, 0) is 4.74 Å². The van der Waals surface area contributed by atoms with E-state index >= 15 is 0 Å². The third-order valence-electron chi connectivity index (χ3n) is 2.80. The fraction of sp³-hybridized carbons (Fsp3) is 0.143. The first kappa shape index (κ1) is 12.3. The Balaban J connectivity index is 2.07. The number of benzene rings is 1. The van der Waals surface area contributed by atoms with Gasteiger partial charge in [-0.2, -0.15) is 0 Å². The first-order valence-electron chi connectivity index (χ1n) is 5.49. The van der Waals surface area contributed by atoms with E-state index in [0.29, 0.717) is 6.61 Å². The van der Waals surface area contributed by atoms with Crippen LogP contribution < -0.4 is 0 Å². The molecule has 1 unspecified atom stereocenters. The second-order valence-corrected chi connectivity index (χ2v) is 4.07. The number of nitro groups is 1. The predicted octanol–water partition coefficient (Wildman–Crippen LogP) is 3.12. The maximum atomic E-state index is 10.5. The van der Waals surface area contributed by atoms with Gasteiger partial charge in [0, 0.05) is 12.1 Å². The van der Waals surface area contributed by atoms with Crippen molar-refractivity contribution in [3.8, 4) is 0 Å². The summed E-state index contributed by atoms with van der Waals surface area (Å²) in [6, 6.07) is 6.34. The topological polar surface area (TPSA) is 52.4 Å². The Morgan fingerprint density at radius 3 is 2.50 bits per heavy atom. The van der Waals surface area contributed by atoms with Gasteiger partial charge in [0.15, 0.2) is 0 Å². The molecule has 0 N–H and O–H groups in total. The van der Waals surface area contributed by atoms with Crippen molar-refractivity contribution in [2.45, 2.75) is 6.10 Å². The highest BCUT2D eigenvalue weighted by molar-refractivity contribution is 5.54. The molecule has 1 aliphatic heterocycles. The SMILES string of the molecule is C=C1COC(/C=C/c2ccc([N+](=O)[O-])cc2)C1=C. The molecule has 0 aromatic heterocycles. The number of nitrogens with zero attached hydrogens (tertiary/aromatic N) is 1. The molecule has 0 radical (unpaired) electrons. The molecule has 1 fully saturated rings. The van der Waals surface area contributed by atoms with Crippen molar-refractivity contribution in [1.29, 1.82) is 0 Å². The summed E-state index contributed by atoms with van der Waals surface area (Å²) in [7, 11) is 0. The van der Waals surface area contributed by atoms with E-state index in [4.69, 9.17) is 4.74 Å². The van der Waals surface area contributed by atoms with Crippen LogP contribution in [0.25, 0.3) is 6.08 Å². The molecule has 1 aromatic carbocycles. The lowest BCUT2D eigenvalue weighted by Gasteiger charge is -2.03. The van der Waals surface area contributed by atoms with Crippen molar-refractivity contribution >= 4 is 11.8 Å². The number of hydrogen-bond acceptors (Lipinski definition) is 3. The molecule has 1 saturated heterocycles. The Labute approximate surface area is 105 Å². The number of ether oxygens (including phenoxy) is 1. The van der Waals surface area contributed by atoms with Crippen LogP contribution in [0, 0.1) is 10.1 Å². The minimum atomic E-state index is -0.417. The lowest BCUT2D eigenvalue weighted by Crippen LogP contribution is -2.01. The number of nitro benzene ring substituents is 1. The van der Waals surface area contributed by atoms with Crippen molar-refractivity contribution in [3.05, 3.63) is 70.3 Å². The number of hydrogen-bond donors (Lipinski definition) is 0. The lowest BCUT2D eigenvalue weighted by molar-refractivity contribution is -0.384. The third-order valence-corrected chi connectivity index (χ3v) is 2.80. The van der Waals surface area contributed by atoms with Gasteiger partial charge in [0.2, 0.25) is 0 Å². The van der Waals surface area contributed by atoms with Crippen molar-refractivity contribution in [2.24, 2.45) is 0 Å². The van der Waals surface area contributed by atoms with E-state index in [9.17, 15) is 10.1 Å². The van der Waals surface area contributed by atoms with E-state index in [-0.39, 0.29) is 11.8 Å². The van der Waals surface area contributed by atoms with Gasteiger partial charge < -0.3 is 4.74 Å². The average molecular weight is 243 g/mol. The Morgan fingerprint density at radius 2 is 2.00 bits per heavy atom. The van der Waals surface area contributed by atoms with Crippen LogP contribution in [0.15, 0.2) is 54.6 Å². The highest BCUT2D eigenvalue weighted by Gasteiger charge is 2.20. The highest BCUT2D eigenvalue weighted by Crippen LogP contribution is 2.24. The predicted molar refractivity (Wildman–Crippen MR) is 70.2 cm³/mol. The summed E-state index contributed by atoms with van der Waals surface area (Å²) in [4.78, 5) is 10.1.